The Balaban J connectivity index is 1.88. The SMILES string of the molecule is CCCCCc1ccc(NC(=S)NC(=O)c2cnccc2C)cc1. The van der Waals surface area contributed by atoms with Gasteiger partial charge in [-0.2, -0.15) is 0 Å². The number of hydrogen-bond acceptors (Lipinski definition) is 3. The fourth-order valence-corrected chi connectivity index (χ4v) is 2.58. The van der Waals surface area contributed by atoms with Crippen molar-refractivity contribution in [3.8, 4) is 0 Å². The first-order chi connectivity index (χ1) is 11.6. The van der Waals surface area contributed by atoms with Crippen molar-refractivity contribution in [2.75, 3.05) is 5.32 Å². The van der Waals surface area contributed by atoms with Crippen LogP contribution >= 0.6 is 12.2 Å². The predicted molar refractivity (Wildman–Crippen MR) is 102 cm³/mol. The minimum absolute atomic E-state index is 0.255. The van der Waals surface area contributed by atoms with Gasteiger partial charge in [0.1, 0.15) is 0 Å². The van der Waals surface area contributed by atoms with Crippen LogP contribution in [0.15, 0.2) is 42.7 Å². The summed E-state index contributed by atoms with van der Waals surface area (Å²) in [5, 5.41) is 6.00. The molecule has 0 bridgehead atoms. The number of aryl methyl sites for hydroxylation is 2. The lowest BCUT2D eigenvalue weighted by atomic mass is 10.1. The molecular formula is C19H23N3OS. The minimum Gasteiger partial charge on any atom is -0.332 e. The van der Waals surface area contributed by atoms with Crippen molar-refractivity contribution in [1.82, 2.24) is 10.3 Å². The van der Waals surface area contributed by atoms with Gasteiger partial charge < -0.3 is 5.32 Å². The van der Waals surface area contributed by atoms with Gasteiger partial charge in [-0.25, -0.2) is 0 Å². The molecule has 2 aromatic rings. The van der Waals surface area contributed by atoms with Crippen LogP contribution in [0, 0.1) is 6.92 Å². The monoisotopic (exact) mass is 341 g/mol. The molecule has 2 rings (SSSR count). The number of anilines is 1. The average molecular weight is 341 g/mol. The summed E-state index contributed by atoms with van der Waals surface area (Å²) < 4.78 is 0. The molecule has 1 aromatic carbocycles. The number of unbranched alkanes of at least 4 members (excludes halogenated alkanes) is 2. The molecule has 1 aromatic heterocycles. The van der Waals surface area contributed by atoms with Crippen LogP contribution in [0.2, 0.25) is 0 Å². The van der Waals surface area contributed by atoms with E-state index in [9.17, 15) is 4.79 Å². The van der Waals surface area contributed by atoms with Crippen LogP contribution in [0.25, 0.3) is 0 Å². The van der Waals surface area contributed by atoms with Crippen molar-refractivity contribution in [1.29, 1.82) is 0 Å². The zero-order chi connectivity index (χ0) is 17.4. The van der Waals surface area contributed by atoms with Crippen molar-refractivity contribution in [2.24, 2.45) is 0 Å². The molecule has 0 unspecified atom stereocenters. The topological polar surface area (TPSA) is 54.0 Å². The van der Waals surface area contributed by atoms with Crippen molar-refractivity contribution in [3.63, 3.8) is 0 Å². The summed E-state index contributed by atoms with van der Waals surface area (Å²) in [5.41, 5.74) is 3.56. The van der Waals surface area contributed by atoms with E-state index in [0.717, 1.165) is 17.7 Å². The highest BCUT2D eigenvalue weighted by Gasteiger charge is 2.10. The Bertz CT molecular complexity index is 698. The Morgan fingerprint density at radius 2 is 1.92 bits per heavy atom. The summed E-state index contributed by atoms with van der Waals surface area (Å²) in [4.78, 5) is 16.2. The van der Waals surface area contributed by atoms with E-state index in [1.165, 1.54) is 24.8 Å². The molecule has 4 nitrogen and oxygen atoms in total. The van der Waals surface area contributed by atoms with Crippen LogP contribution in [-0.4, -0.2) is 16.0 Å². The summed E-state index contributed by atoms with van der Waals surface area (Å²) in [6, 6.07) is 9.94. The lowest BCUT2D eigenvalue weighted by Gasteiger charge is -2.11. The molecule has 1 amide bonds. The Labute approximate surface area is 148 Å². The molecule has 2 N–H and O–H groups in total. The largest absolute Gasteiger partial charge is 0.332 e. The summed E-state index contributed by atoms with van der Waals surface area (Å²) in [5.74, 6) is -0.255. The summed E-state index contributed by atoms with van der Waals surface area (Å²) in [7, 11) is 0. The molecule has 0 fully saturated rings. The quantitative estimate of drug-likeness (QED) is 0.609. The number of benzene rings is 1. The van der Waals surface area contributed by atoms with Gasteiger partial charge in [-0.3, -0.25) is 15.1 Å². The van der Waals surface area contributed by atoms with E-state index < -0.39 is 0 Å². The lowest BCUT2D eigenvalue weighted by Crippen LogP contribution is -2.34. The van der Waals surface area contributed by atoms with E-state index in [2.05, 4.69) is 34.7 Å². The third-order valence-electron chi connectivity index (χ3n) is 3.79. The molecule has 0 saturated carbocycles. The lowest BCUT2D eigenvalue weighted by molar-refractivity contribution is 0.0977. The van der Waals surface area contributed by atoms with Gasteiger partial charge >= 0.3 is 0 Å². The van der Waals surface area contributed by atoms with Crippen molar-refractivity contribution < 1.29 is 4.79 Å². The highest BCUT2D eigenvalue weighted by atomic mass is 32.1. The average Bonchev–Trinajstić information content (AvgIpc) is 2.57. The molecular weight excluding hydrogens is 318 g/mol. The van der Waals surface area contributed by atoms with Gasteiger partial charge in [-0.1, -0.05) is 31.9 Å². The second kappa shape index (κ2) is 9.13. The Morgan fingerprint density at radius 1 is 1.17 bits per heavy atom. The molecule has 0 aliphatic rings. The molecule has 5 heteroatoms. The molecule has 1 heterocycles. The van der Waals surface area contributed by atoms with Crippen LogP contribution < -0.4 is 10.6 Å². The van der Waals surface area contributed by atoms with Gasteiger partial charge in [0, 0.05) is 18.1 Å². The van der Waals surface area contributed by atoms with Crippen molar-refractivity contribution in [2.45, 2.75) is 39.5 Å². The van der Waals surface area contributed by atoms with Crippen LogP contribution in [0.4, 0.5) is 5.69 Å². The van der Waals surface area contributed by atoms with Crippen molar-refractivity contribution in [3.05, 3.63) is 59.4 Å². The third-order valence-corrected chi connectivity index (χ3v) is 4.00. The number of nitrogens with one attached hydrogen (secondary N) is 2. The van der Waals surface area contributed by atoms with Gasteiger partial charge in [-0.05, 0) is 61.3 Å². The number of aromatic nitrogens is 1. The Kier molecular flexibility index (Phi) is 6.88. The second-order valence-electron chi connectivity index (χ2n) is 5.75. The first-order valence-electron chi connectivity index (χ1n) is 8.22. The van der Waals surface area contributed by atoms with E-state index in [-0.39, 0.29) is 11.0 Å². The number of pyridine rings is 1. The molecule has 0 radical (unpaired) electrons. The molecule has 24 heavy (non-hydrogen) atoms. The standard InChI is InChI=1S/C19H23N3OS/c1-3-4-5-6-15-7-9-16(10-8-15)21-19(24)22-18(23)17-13-20-12-11-14(17)2/h7-13H,3-6H2,1-2H3,(H2,21,22,23,24). The fraction of sp³-hybridized carbons (Fsp3) is 0.316. The maximum atomic E-state index is 12.2. The maximum Gasteiger partial charge on any atom is 0.259 e. The number of nitrogens with zero attached hydrogens (tertiary/aromatic N) is 1. The fourth-order valence-electron chi connectivity index (χ4n) is 2.37. The Hall–Kier alpha value is -2.27. The van der Waals surface area contributed by atoms with E-state index in [1.54, 1.807) is 18.5 Å². The minimum atomic E-state index is -0.255. The zero-order valence-corrected chi connectivity index (χ0v) is 15.0. The molecule has 0 saturated heterocycles. The molecule has 0 spiro atoms. The smallest absolute Gasteiger partial charge is 0.259 e. The van der Waals surface area contributed by atoms with Crippen molar-refractivity contribution >= 4 is 28.9 Å². The number of amides is 1. The van der Waals surface area contributed by atoms with Gasteiger partial charge in [0.05, 0.1) is 5.56 Å². The number of carbonyl (C=O) groups excluding carboxylic acids is 1. The number of thiocarbonyl (C=S) groups is 1. The van der Waals surface area contributed by atoms with Crippen LogP contribution in [0.3, 0.4) is 0 Å². The van der Waals surface area contributed by atoms with Gasteiger partial charge in [0.15, 0.2) is 5.11 Å². The number of carbonyl (C=O) groups is 1. The molecule has 0 aliphatic heterocycles. The maximum absolute atomic E-state index is 12.2. The summed E-state index contributed by atoms with van der Waals surface area (Å²) in [6.07, 6.45) is 7.98. The zero-order valence-electron chi connectivity index (χ0n) is 14.1. The van der Waals surface area contributed by atoms with Crippen LogP contribution in [-0.2, 0) is 6.42 Å². The Morgan fingerprint density at radius 3 is 2.58 bits per heavy atom. The first kappa shape index (κ1) is 18.1. The van der Waals surface area contributed by atoms with Crippen LogP contribution in [0.5, 0.6) is 0 Å². The summed E-state index contributed by atoms with van der Waals surface area (Å²) >= 11 is 5.21. The number of hydrogen-bond donors (Lipinski definition) is 2. The highest BCUT2D eigenvalue weighted by molar-refractivity contribution is 7.80. The number of rotatable bonds is 6. The predicted octanol–water partition coefficient (Wildman–Crippen LogP) is 4.25. The molecule has 0 aliphatic carbocycles. The van der Waals surface area contributed by atoms with Gasteiger partial charge in [-0.15, -0.1) is 0 Å². The van der Waals surface area contributed by atoms with Crippen LogP contribution in [0.1, 0.15) is 47.7 Å². The normalized spacial score (nSPS) is 10.2. The van der Waals surface area contributed by atoms with E-state index in [0.29, 0.717) is 5.56 Å². The van der Waals surface area contributed by atoms with Gasteiger partial charge in [0.2, 0.25) is 0 Å². The second-order valence-corrected chi connectivity index (χ2v) is 6.16. The summed E-state index contributed by atoms with van der Waals surface area (Å²) in [6.45, 7) is 4.07. The van der Waals surface area contributed by atoms with E-state index in [1.807, 2.05) is 19.1 Å². The first-order valence-corrected chi connectivity index (χ1v) is 8.63. The van der Waals surface area contributed by atoms with E-state index >= 15 is 0 Å². The molecule has 0 atom stereocenters. The van der Waals surface area contributed by atoms with Gasteiger partial charge in [0.25, 0.3) is 5.91 Å². The third kappa shape index (κ3) is 5.42. The highest BCUT2D eigenvalue weighted by Crippen LogP contribution is 2.12. The molecule has 126 valence electrons. The van der Waals surface area contributed by atoms with E-state index in [4.69, 9.17) is 12.2 Å².